The van der Waals surface area contributed by atoms with Crippen LogP contribution in [0.4, 0.5) is 0 Å². The lowest BCUT2D eigenvalue weighted by atomic mass is 10.1. The summed E-state index contributed by atoms with van der Waals surface area (Å²) in [6.07, 6.45) is 0.473. The molecule has 0 saturated carbocycles. The van der Waals surface area contributed by atoms with E-state index in [9.17, 15) is 20.1 Å². The van der Waals surface area contributed by atoms with Crippen LogP contribution in [0, 0.1) is 0 Å². The summed E-state index contributed by atoms with van der Waals surface area (Å²) in [5, 5.41) is 33.8. The largest absolute Gasteiger partial charge is 0.506 e. The zero-order valence-corrected chi connectivity index (χ0v) is 23.6. The number of nitrogens with zero attached hydrogens (tertiary/aromatic N) is 1. The summed E-state index contributed by atoms with van der Waals surface area (Å²) in [4.78, 5) is 16.2. The molecule has 1 heterocycles. The van der Waals surface area contributed by atoms with Gasteiger partial charge >= 0.3 is 4.87 Å². The number of aromatic nitrogens is 1. The fraction of sp³-hybridized carbons (Fsp3) is 0.296. The highest BCUT2D eigenvalue weighted by molar-refractivity contribution is 7.16. The fourth-order valence-corrected chi connectivity index (χ4v) is 5.19. The number of phenols is 1. The van der Waals surface area contributed by atoms with Crippen LogP contribution in [0.25, 0.3) is 10.2 Å². The Morgan fingerprint density at radius 3 is 2.50 bits per heavy atom. The average Bonchev–Trinajstić information content (AvgIpc) is 3.24. The number of benzene rings is 3. The number of rotatable bonds is 11. The summed E-state index contributed by atoms with van der Waals surface area (Å²) in [5.74, 6) is -1.34. The van der Waals surface area contributed by atoms with Crippen LogP contribution in [0.1, 0.15) is 22.3 Å². The number of aromatic hydroxyl groups is 1. The zero-order chi connectivity index (χ0) is 25.7. The van der Waals surface area contributed by atoms with E-state index in [4.69, 9.17) is 4.74 Å². The molecule has 0 aliphatic rings. The minimum Gasteiger partial charge on any atom is -0.506 e. The Kier molecular flexibility index (Phi) is 11.6. The van der Waals surface area contributed by atoms with Gasteiger partial charge in [-0.05, 0) is 42.3 Å². The molecule has 0 radical (unpaired) electrons. The second-order valence-electron chi connectivity index (χ2n) is 8.94. The van der Waals surface area contributed by atoms with Crippen molar-refractivity contribution in [3.63, 3.8) is 0 Å². The quantitative estimate of drug-likeness (QED) is 0.171. The van der Waals surface area contributed by atoms with Crippen LogP contribution in [-0.4, -0.2) is 51.8 Å². The number of methoxy groups -OCH3 is 1. The summed E-state index contributed by atoms with van der Waals surface area (Å²) in [5.41, 5.74) is 4.24. The lowest BCUT2D eigenvalue weighted by Crippen LogP contribution is -2.47. The van der Waals surface area contributed by atoms with Crippen LogP contribution in [0.3, 0.4) is 0 Å². The van der Waals surface area contributed by atoms with Gasteiger partial charge in [0.1, 0.15) is 17.0 Å². The zero-order valence-electron chi connectivity index (χ0n) is 21.1. The third kappa shape index (κ3) is 8.18. The molecular formula is C27H33Cl2N3O5S. The first-order chi connectivity index (χ1) is 17.2. The van der Waals surface area contributed by atoms with Gasteiger partial charge in [-0.3, -0.25) is 15.0 Å². The van der Waals surface area contributed by atoms with Crippen LogP contribution in [-0.2, 0) is 25.9 Å². The summed E-state index contributed by atoms with van der Waals surface area (Å²) >= 11 is 0.931. The molecule has 0 atom stereocenters. The second kappa shape index (κ2) is 14.0. The number of nitrogens with one attached hydrogen (secondary N) is 2. The average molecular weight is 583 g/mol. The van der Waals surface area contributed by atoms with E-state index in [-0.39, 0.29) is 41.9 Å². The molecule has 0 spiro atoms. The van der Waals surface area contributed by atoms with Crippen LogP contribution in [0.15, 0.2) is 65.5 Å². The molecule has 4 rings (SSSR count). The molecule has 0 saturated heterocycles. The lowest BCUT2D eigenvalue weighted by Gasteiger charge is -2.23. The van der Waals surface area contributed by atoms with E-state index in [0.717, 1.165) is 46.9 Å². The van der Waals surface area contributed by atoms with Crippen molar-refractivity contribution in [2.45, 2.75) is 31.8 Å². The van der Waals surface area contributed by atoms with Crippen LogP contribution >= 0.6 is 36.2 Å². The van der Waals surface area contributed by atoms with Gasteiger partial charge in [0.2, 0.25) is 5.91 Å². The van der Waals surface area contributed by atoms with Gasteiger partial charge < -0.3 is 25.0 Å². The van der Waals surface area contributed by atoms with Gasteiger partial charge in [-0.2, -0.15) is 0 Å². The van der Waals surface area contributed by atoms with Crippen LogP contribution in [0.2, 0.25) is 0 Å². The molecule has 5 N–H and O–H groups in total. The molecule has 206 valence electrons. The number of ether oxygens (including phenoxy) is 1. The Hall–Kier alpha value is -2.63. The van der Waals surface area contributed by atoms with Crippen LogP contribution < -0.4 is 14.9 Å². The van der Waals surface area contributed by atoms with E-state index in [0.29, 0.717) is 28.7 Å². The Morgan fingerprint density at radius 2 is 1.74 bits per heavy atom. The SMILES string of the molecule is COc1ccccc1CN(C)Cc1cccc(CCNC(O)(O)Cc2ccc(O)c3[nH]c(=O)sc23)c1.Cl.Cl. The number of H-pyrrole nitrogens is 1. The molecule has 0 unspecified atom stereocenters. The van der Waals surface area contributed by atoms with Gasteiger partial charge in [-0.25, -0.2) is 0 Å². The third-order valence-corrected chi connectivity index (χ3v) is 6.93. The third-order valence-electron chi connectivity index (χ3n) is 5.97. The highest BCUT2D eigenvalue weighted by Crippen LogP contribution is 2.29. The van der Waals surface area contributed by atoms with Crippen molar-refractivity contribution in [1.82, 2.24) is 15.2 Å². The molecule has 11 heteroatoms. The van der Waals surface area contributed by atoms with E-state index in [1.165, 1.54) is 6.07 Å². The molecule has 3 aromatic carbocycles. The molecule has 38 heavy (non-hydrogen) atoms. The van der Waals surface area contributed by atoms with Gasteiger partial charge in [0.25, 0.3) is 0 Å². The Bertz CT molecular complexity index is 1390. The number of thiazole rings is 1. The van der Waals surface area contributed by atoms with Gasteiger partial charge in [0.05, 0.1) is 11.8 Å². The number of para-hydroxylation sites is 1. The first-order valence-corrected chi connectivity index (χ1v) is 12.5. The molecule has 0 aliphatic heterocycles. The van der Waals surface area contributed by atoms with Crippen molar-refractivity contribution in [2.24, 2.45) is 0 Å². The molecule has 0 bridgehead atoms. The highest BCUT2D eigenvalue weighted by Gasteiger charge is 2.25. The van der Waals surface area contributed by atoms with E-state index in [1.54, 1.807) is 13.2 Å². The van der Waals surface area contributed by atoms with Crippen molar-refractivity contribution in [3.8, 4) is 11.5 Å². The van der Waals surface area contributed by atoms with Gasteiger partial charge in [-0.15, -0.1) is 24.8 Å². The molecule has 4 aromatic rings. The van der Waals surface area contributed by atoms with Gasteiger partial charge in [0.15, 0.2) is 0 Å². The topological polar surface area (TPSA) is 118 Å². The molecular weight excluding hydrogens is 549 g/mol. The second-order valence-corrected chi connectivity index (χ2v) is 9.92. The predicted molar refractivity (Wildman–Crippen MR) is 156 cm³/mol. The predicted octanol–water partition coefficient (Wildman–Crippen LogP) is 3.79. The monoisotopic (exact) mass is 581 g/mol. The van der Waals surface area contributed by atoms with Crippen molar-refractivity contribution in [1.29, 1.82) is 0 Å². The minimum absolute atomic E-state index is 0. The smallest absolute Gasteiger partial charge is 0.305 e. The molecule has 8 nitrogen and oxygen atoms in total. The van der Waals surface area contributed by atoms with Crippen LogP contribution in [0.5, 0.6) is 11.5 Å². The van der Waals surface area contributed by atoms with E-state index in [1.807, 2.05) is 30.3 Å². The van der Waals surface area contributed by atoms with Crippen molar-refractivity contribution in [3.05, 3.63) is 92.6 Å². The standard InChI is InChI=1S/C27H31N3O5S.2ClH/c1-30(17-21-8-3-4-9-23(21)35-2)16-19-7-5-6-18(14-19)12-13-28-27(33,34)15-20-10-11-22(31)24-25(20)36-26(32)29-24;;/h3-11,14,28,31,33-34H,12-13,15-17H2,1-2H3,(H,29,32);2*1H. The lowest BCUT2D eigenvalue weighted by molar-refractivity contribution is -0.183. The molecule has 1 aromatic heterocycles. The summed E-state index contributed by atoms with van der Waals surface area (Å²) in [7, 11) is 3.74. The maximum absolute atomic E-state index is 11.7. The van der Waals surface area contributed by atoms with Crippen molar-refractivity contribution >= 4 is 46.4 Å². The normalized spacial score (nSPS) is 11.3. The Labute approximate surface area is 237 Å². The fourth-order valence-electron chi connectivity index (χ4n) is 4.32. The highest BCUT2D eigenvalue weighted by atomic mass is 35.5. The maximum atomic E-state index is 11.7. The number of aromatic amines is 1. The number of phenolic OH excluding ortho intramolecular Hbond substituents is 1. The van der Waals surface area contributed by atoms with Gasteiger partial charge in [-0.1, -0.05) is 59.9 Å². The number of aliphatic hydroxyl groups is 2. The van der Waals surface area contributed by atoms with E-state index in [2.05, 4.69) is 40.4 Å². The first kappa shape index (κ1) is 31.6. The Morgan fingerprint density at radius 1 is 1.00 bits per heavy atom. The summed E-state index contributed by atoms with van der Waals surface area (Å²) in [6, 6.07) is 19.2. The first-order valence-electron chi connectivity index (χ1n) is 11.7. The number of fused-ring (bicyclic) bond motifs is 1. The maximum Gasteiger partial charge on any atom is 0.305 e. The van der Waals surface area contributed by atoms with Crippen molar-refractivity contribution < 1.29 is 20.1 Å². The number of hydrogen-bond donors (Lipinski definition) is 5. The van der Waals surface area contributed by atoms with E-state index >= 15 is 0 Å². The number of halogens is 2. The Balaban J connectivity index is 0.00000253. The molecule has 0 aliphatic carbocycles. The van der Waals surface area contributed by atoms with E-state index < -0.39 is 5.91 Å². The molecule has 0 amide bonds. The van der Waals surface area contributed by atoms with Crippen molar-refractivity contribution in [2.75, 3.05) is 20.7 Å². The minimum atomic E-state index is -2.16. The summed E-state index contributed by atoms with van der Waals surface area (Å²) in [6.45, 7) is 1.87. The summed E-state index contributed by atoms with van der Waals surface area (Å²) < 4.78 is 5.96. The molecule has 0 fully saturated rings. The number of hydrogen-bond acceptors (Lipinski definition) is 8. The van der Waals surface area contributed by atoms with Gasteiger partial charge in [0, 0.05) is 31.6 Å².